The molecular weight excluding hydrogens is 266 g/mol. The number of carbonyl (C=O) groups is 2. The van der Waals surface area contributed by atoms with E-state index in [9.17, 15) is 9.59 Å². The zero-order valence-electron chi connectivity index (χ0n) is 10.0. The number of amides is 2. The van der Waals surface area contributed by atoms with E-state index in [4.69, 9.17) is 0 Å². The lowest BCUT2D eigenvalue weighted by atomic mass is 10.3. The highest BCUT2D eigenvalue weighted by molar-refractivity contribution is 7.14. The maximum atomic E-state index is 11.7. The Morgan fingerprint density at radius 2 is 2.16 bits per heavy atom. The molecule has 2 rings (SSSR count). The highest BCUT2D eigenvalue weighted by Crippen LogP contribution is 2.24. The molecule has 6 nitrogen and oxygen atoms in total. The summed E-state index contributed by atoms with van der Waals surface area (Å²) in [5.41, 5.74) is 0.894. The van der Waals surface area contributed by atoms with E-state index in [2.05, 4.69) is 20.4 Å². The molecule has 0 aliphatic carbocycles. The quantitative estimate of drug-likeness (QED) is 0.845. The van der Waals surface area contributed by atoms with Gasteiger partial charge in [0.1, 0.15) is 5.00 Å². The maximum absolute atomic E-state index is 11.7. The lowest BCUT2D eigenvalue weighted by Crippen LogP contribution is -2.20. The predicted molar refractivity (Wildman–Crippen MR) is 72.5 cm³/mol. The van der Waals surface area contributed by atoms with Crippen LogP contribution in [0.1, 0.15) is 10.4 Å². The number of methoxy groups -OCH3 is 1. The van der Waals surface area contributed by atoms with Crippen LogP contribution >= 0.6 is 11.3 Å². The average molecular weight is 277 g/mol. The average Bonchev–Trinajstić information content (AvgIpc) is 2.87. The molecule has 0 atom stereocenters. The summed E-state index contributed by atoms with van der Waals surface area (Å²) >= 11 is 1.24. The van der Waals surface area contributed by atoms with Crippen molar-refractivity contribution in [2.24, 2.45) is 0 Å². The summed E-state index contributed by atoms with van der Waals surface area (Å²) in [6, 6.07) is 4.57. The minimum absolute atomic E-state index is 0.328. The topological polar surface area (TPSA) is 80.3 Å². The number of thiophene rings is 1. The molecule has 0 fully saturated rings. The minimum atomic E-state index is -0.488. The van der Waals surface area contributed by atoms with Crippen LogP contribution in [0.15, 0.2) is 36.0 Å². The highest BCUT2D eigenvalue weighted by Gasteiger charge is 2.15. The maximum Gasteiger partial charge on any atom is 0.340 e. The van der Waals surface area contributed by atoms with Crippen molar-refractivity contribution in [3.05, 3.63) is 41.5 Å². The van der Waals surface area contributed by atoms with E-state index in [0.717, 1.165) is 0 Å². The van der Waals surface area contributed by atoms with Gasteiger partial charge in [0.05, 0.1) is 24.6 Å². The first-order chi connectivity index (χ1) is 9.20. The Kier molecular flexibility index (Phi) is 4.09. The van der Waals surface area contributed by atoms with Gasteiger partial charge in [0.25, 0.3) is 0 Å². The number of nitrogens with zero attached hydrogens (tertiary/aromatic N) is 1. The van der Waals surface area contributed by atoms with E-state index in [1.807, 2.05) is 0 Å². The third-order valence-corrected chi connectivity index (χ3v) is 3.05. The van der Waals surface area contributed by atoms with Crippen molar-refractivity contribution in [2.75, 3.05) is 17.7 Å². The number of hydrogen-bond donors (Lipinski definition) is 2. The van der Waals surface area contributed by atoms with Gasteiger partial charge >= 0.3 is 12.0 Å². The van der Waals surface area contributed by atoms with Crippen molar-refractivity contribution in [2.45, 2.75) is 0 Å². The molecule has 98 valence electrons. The second kappa shape index (κ2) is 5.96. The van der Waals surface area contributed by atoms with Crippen LogP contribution in [0, 0.1) is 0 Å². The Balaban J connectivity index is 2.04. The molecule has 0 unspecified atom stereocenters. The van der Waals surface area contributed by atoms with E-state index in [0.29, 0.717) is 16.3 Å². The van der Waals surface area contributed by atoms with Crippen LogP contribution in [0.3, 0.4) is 0 Å². The number of pyridine rings is 1. The monoisotopic (exact) mass is 277 g/mol. The number of rotatable bonds is 3. The molecule has 2 aromatic heterocycles. The Hall–Kier alpha value is -2.41. The second-order valence-corrected chi connectivity index (χ2v) is 4.39. The first-order valence-corrected chi connectivity index (χ1v) is 6.22. The van der Waals surface area contributed by atoms with Gasteiger partial charge in [0.15, 0.2) is 0 Å². The highest BCUT2D eigenvalue weighted by atomic mass is 32.1. The third-order valence-electron chi connectivity index (χ3n) is 2.22. The number of nitrogens with one attached hydrogen (secondary N) is 2. The van der Waals surface area contributed by atoms with Crippen LogP contribution in [0.5, 0.6) is 0 Å². The molecule has 2 amide bonds. The van der Waals surface area contributed by atoms with Crippen LogP contribution in [0.4, 0.5) is 15.5 Å². The fourth-order valence-corrected chi connectivity index (χ4v) is 2.15. The Bertz CT molecular complexity index is 583. The zero-order valence-corrected chi connectivity index (χ0v) is 10.9. The van der Waals surface area contributed by atoms with E-state index in [-0.39, 0.29) is 0 Å². The fourth-order valence-electron chi connectivity index (χ4n) is 1.38. The third kappa shape index (κ3) is 3.29. The summed E-state index contributed by atoms with van der Waals surface area (Å²) in [6.45, 7) is 0. The van der Waals surface area contributed by atoms with Crippen LogP contribution < -0.4 is 10.6 Å². The number of urea groups is 1. The summed E-state index contributed by atoms with van der Waals surface area (Å²) in [7, 11) is 1.29. The van der Waals surface area contributed by atoms with Crippen molar-refractivity contribution >= 4 is 34.0 Å². The number of carbonyl (C=O) groups excluding carboxylic acids is 2. The summed E-state index contributed by atoms with van der Waals surface area (Å²) in [5.74, 6) is -0.488. The normalized spacial score (nSPS) is 9.74. The van der Waals surface area contributed by atoms with Crippen molar-refractivity contribution in [1.29, 1.82) is 0 Å². The molecule has 0 radical (unpaired) electrons. The van der Waals surface area contributed by atoms with Crippen LogP contribution in [0.25, 0.3) is 0 Å². The predicted octanol–water partition coefficient (Wildman–Crippen LogP) is 2.57. The molecule has 2 heterocycles. The minimum Gasteiger partial charge on any atom is -0.465 e. The molecule has 2 N–H and O–H groups in total. The summed E-state index contributed by atoms with van der Waals surface area (Å²) in [4.78, 5) is 27.1. The number of esters is 1. The van der Waals surface area contributed by atoms with Crippen molar-refractivity contribution in [3.8, 4) is 0 Å². The van der Waals surface area contributed by atoms with Crippen LogP contribution in [-0.4, -0.2) is 24.1 Å². The Morgan fingerprint density at radius 3 is 2.84 bits per heavy atom. The molecule has 0 aliphatic heterocycles. The summed E-state index contributed by atoms with van der Waals surface area (Å²) in [5, 5.41) is 7.34. The second-order valence-electron chi connectivity index (χ2n) is 3.48. The smallest absolute Gasteiger partial charge is 0.340 e. The summed E-state index contributed by atoms with van der Waals surface area (Å²) in [6.07, 6.45) is 3.13. The largest absolute Gasteiger partial charge is 0.465 e. The van der Waals surface area contributed by atoms with Gasteiger partial charge in [0.2, 0.25) is 0 Å². The fraction of sp³-hybridized carbons (Fsp3) is 0.0833. The molecule has 0 aromatic carbocycles. The van der Waals surface area contributed by atoms with Gasteiger partial charge in [-0.25, -0.2) is 9.59 Å². The molecular formula is C12H11N3O3S. The Labute approximate surface area is 113 Å². The number of ether oxygens (including phenoxy) is 1. The van der Waals surface area contributed by atoms with E-state index in [1.54, 1.807) is 29.8 Å². The van der Waals surface area contributed by atoms with Crippen molar-refractivity contribution in [1.82, 2.24) is 4.98 Å². The van der Waals surface area contributed by atoms with Gasteiger partial charge in [0, 0.05) is 6.20 Å². The molecule has 7 heteroatoms. The van der Waals surface area contributed by atoms with E-state index in [1.165, 1.54) is 24.6 Å². The Morgan fingerprint density at radius 1 is 1.32 bits per heavy atom. The van der Waals surface area contributed by atoms with Gasteiger partial charge in [-0.15, -0.1) is 11.3 Å². The lowest BCUT2D eigenvalue weighted by Gasteiger charge is -2.06. The lowest BCUT2D eigenvalue weighted by molar-refractivity contribution is 0.0602. The molecule has 0 spiro atoms. The van der Waals surface area contributed by atoms with Crippen LogP contribution in [-0.2, 0) is 4.74 Å². The first kappa shape index (κ1) is 13.0. The molecule has 2 aromatic rings. The number of hydrogen-bond acceptors (Lipinski definition) is 5. The number of anilines is 2. The van der Waals surface area contributed by atoms with Gasteiger partial charge in [-0.05, 0) is 23.6 Å². The number of aromatic nitrogens is 1. The summed E-state index contributed by atoms with van der Waals surface area (Å²) < 4.78 is 4.62. The van der Waals surface area contributed by atoms with Crippen molar-refractivity contribution < 1.29 is 14.3 Å². The van der Waals surface area contributed by atoms with E-state index >= 15 is 0 Å². The standard InChI is InChI=1S/C12H11N3O3S/c1-18-11(16)9-4-6-19-10(9)15-12(17)14-8-3-2-5-13-7-8/h2-7H,1H3,(H2,14,15,17). The molecule has 19 heavy (non-hydrogen) atoms. The zero-order chi connectivity index (χ0) is 13.7. The molecule has 0 bridgehead atoms. The molecule has 0 saturated heterocycles. The SMILES string of the molecule is COC(=O)c1ccsc1NC(=O)Nc1cccnc1. The van der Waals surface area contributed by atoms with E-state index < -0.39 is 12.0 Å². The van der Waals surface area contributed by atoms with Crippen molar-refractivity contribution in [3.63, 3.8) is 0 Å². The van der Waals surface area contributed by atoms with Gasteiger partial charge in [-0.2, -0.15) is 0 Å². The first-order valence-electron chi connectivity index (χ1n) is 5.34. The van der Waals surface area contributed by atoms with Gasteiger partial charge in [-0.1, -0.05) is 0 Å². The van der Waals surface area contributed by atoms with Crippen LogP contribution in [0.2, 0.25) is 0 Å². The molecule has 0 saturated carbocycles. The molecule has 0 aliphatic rings. The van der Waals surface area contributed by atoms with Gasteiger partial charge in [-0.3, -0.25) is 10.3 Å². The van der Waals surface area contributed by atoms with Gasteiger partial charge < -0.3 is 10.1 Å².